The van der Waals surface area contributed by atoms with Crippen molar-refractivity contribution in [3.05, 3.63) is 52.7 Å². The van der Waals surface area contributed by atoms with Crippen LogP contribution in [0.25, 0.3) is 22.3 Å². The molecule has 142 valence electrons. The lowest BCUT2D eigenvalue weighted by Gasteiger charge is -2.20. The van der Waals surface area contributed by atoms with Crippen molar-refractivity contribution in [3.8, 4) is 17.0 Å². The number of rotatable bonds is 5. The Morgan fingerprint density at radius 3 is 2.48 bits per heavy atom. The molecule has 0 fully saturated rings. The van der Waals surface area contributed by atoms with Gasteiger partial charge in [-0.2, -0.15) is 0 Å². The second kappa shape index (κ2) is 7.85. The first-order valence-electron chi connectivity index (χ1n) is 9.51. The van der Waals surface area contributed by atoms with Crippen molar-refractivity contribution in [3.63, 3.8) is 0 Å². The summed E-state index contributed by atoms with van der Waals surface area (Å²) in [4.78, 5) is 9.26. The van der Waals surface area contributed by atoms with Crippen molar-refractivity contribution >= 4 is 22.6 Å². The van der Waals surface area contributed by atoms with Crippen LogP contribution in [0.3, 0.4) is 0 Å². The Morgan fingerprint density at radius 1 is 1.04 bits per heavy atom. The van der Waals surface area contributed by atoms with Crippen LogP contribution in [-0.2, 0) is 5.41 Å². The lowest BCUT2D eigenvalue weighted by Crippen LogP contribution is -2.11. The fourth-order valence-corrected chi connectivity index (χ4v) is 3.19. The van der Waals surface area contributed by atoms with Gasteiger partial charge in [-0.1, -0.05) is 63.9 Å². The summed E-state index contributed by atoms with van der Waals surface area (Å²) < 4.78 is 6.03. The number of hydrogen-bond acceptors (Lipinski definition) is 3. The second-order valence-electron chi connectivity index (χ2n) is 7.99. The quantitative estimate of drug-likeness (QED) is 0.362. The molecule has 3 rings (SSSR count). The summed E-state index contributed by atoms with van der Waals surface area (Å²) >= 11 is 6.10. The van der Waals surface area contributed by atoms with Gasteiger partial charge in [0.2, 0.25) is 0 Å². The van der Waals surface area contributed by atoms with Crippen LogP contribution in [0.15, 0.2) is 36.4 Å². The molecule has 2 aromatic heterocycles. The largest absolute Gasteiger partial charge is 0.491 e. The fourth-order valence-electron chi connectivity index (χ4n) is 3.05. The molecule has 0 saturated heterocycles. The van der Waals surface area contributed by atoms with Gasteiger partial charge in [0.15, 0.2) is 0 Å². The third-order valence-electron chi connectivity index (χ3n) is 4.71. The van der Waals surface area contributed by atoms with Crippen molar-refractivity contribution < 1.29 is 4.74 Å². The van der Waals surface area contributed by atoms with Gasteiger partial charge in [-0.15, -0.1) is 0 Å². The van der Waals surface area contributed by atoms with Gasteiger partial charge in [-0.05, 0) is 42.0 Å². The van der Waals surface area contributed by atoms with Crippen LogP contribution >= 0.6 is 11.6 Å². The van der Waals surface area contributed by atoms with Gasteiger partial charge in [-0.25, -0.2) is 9.97 Å². The molecule has 0 aliphatic heterocycles. The lowest BCUT2D eigenvalue weighted by atomic mass is 9.85. The van der Waals surface area contributed by atoms with Crippen LogP contribution in [0.1, 0.15) is 51.7 Å². The number of nitrogens with zero attached hydrogens (tertiary/aromatic N) is 2. The molecule has 1 aromatic carbocycles. The predicted molar refractivity (Wildman–Crippen MR) is 114 cm³/mol. The Hall–Kier alpha value is -2.13. The topological polar surface area (TPSA) is 35.0 Å². The highest BCUT2D eigenvalue weighted by atomic mass is 35.5. The monoisotopic (exact) mass is 382 g/mol. The number of ether oxygens (including phenoxy) is 1. The Labute approximate surface area is 166 Å². The van der Waals surface area contributed by atoms with Crippen LogP contribution in [0, 0.1) is 6.92 Å². The van der Waals surface area contributed by atoms with E-state index in [0.29, 0.717) is 17.3 Å². The van der Waals surface area contributed by atoms with E-state index in [1.807, 2.05) is 12.1 Å². The molecule has 0 N–H and O–H groups in total. The summed E-state index contributed by atoms with van der Waals surface area (Å²) in [6.07, 6.45) is 2.08. The molecule has 27 heavy (non-hydrogen) atoms. The highest BCUT2D eigenvalue weighted by molar-refractivity contribution is 6.29. The molecule has 3 nitrogen and oxygen atoms in total. The standard InChI is InChI=1S/C23H27ClN2O/c1-6-7-12-27-20-14-19(25-18-10-11-21(24)26-22(18)20)17-9-8-16(13-15(17)2)23(3,4)5/h8-11,13-14H,6-7,12H2,1-5H3. The van der Waals surface area contributed by atoms with Gasteiger partial charge in [-0.3, -0.25) is 0 Å². The Morgan fingerprint density at radius 2 is 1.81 bits per heavy atom. The number of aryl methyl sites for hydroxylation is 1. The van der Waals surface area contributed by atoms with Crippen LogP contribution in [-0.4, -0.2) is 16.6 Å². The first-order chi connectivity index (χ1) is 12.8. The number of halogens is 1. The van der Waals surface area contributed by atoms with Gasteiger partial charge in [0.25, 0.3) is 0 Å². The maximum absolute atomic E-state index is 6.10. The van der Waals surface area contributed by atoms with E-state index < -0.39 is 0 Å². The molecule has 0 atom stereocenters. The van der Waals surface area contributed by atoms with E-state index in [2.05, 4.69) is 57.8 Å². The molecular weight excluding hydrogens is 356 g/mol. The first-order valence-corrected chi connectivity index (χ1v) is 9.89. The summed E-state index contributed by atoms with van der Waals surface area (Å²) in [6.45, 7) is 11.6. The van der Waals surface area contributed by atoms with E-state index >= 15 is 0 Å². The molecule has 3 aromatic rings. The van der Waals surface area contributed by atoms with Crippen LogP contribution in [0.4, 0.5) is 0 Å². The van der Waals surface area contributed by atoms with Gasteiger partial charge in [0.1, 0.15) is 16.4 Å². The number of aromatic nitrogens is 2. The molecule has 0 aliphatic rings. The average molecular weight is 383 g/mol. The minimum Gasteiger partial charge on any atom is -0.491 e. The molecule has 0 saturated carbocycles. The highest BCUT2D eigenvalue weighted by Gasteiger charge is 2.17. The lowest BCUT2D eigenvalue weighted by molar-refractivity contribution is 0.312. The van der Waals surface area contributed by atoms with Crippen molar-refractivity contribution in [2.45, 2.75) is 52.9 Å². The van der Waals surface area contributed by atoms with Crippen molar-refractivity contribution in [1.82, 2.24) is 9.97 Å². The number of benzene rings is 1. The van der Waals surface area contributed by atoms with Gasteiger partial charge in [0.05, 0.1) is 17.8 Å². The number of unbranched alkanes of at least 4 members (excludes halogenated alkanes) is 1. The maximum atomic E-state index is 6.10. The Balaban J connectivity index is 2.10. The van der Waals surface area contributed by atoms with E-state index in [-0.39, 0.29) is 5.41 Å². The van der Waals surface area contributed by atoms with Gasteiger partial charge < -0.3 is 4.74 Å². The van der Waals surface area contributed by atoms with Crippen molar-refractivity contribution in [1.29, 1.82) is 0 Å². The zero-order chi connectivity index (χ0) is 19.6. The number of pyridine rings is 2. The van der Waals surface area contributed by atoms with Crippen LogP contribution in [0.5, 0.6) is 5.75 Å². The van der Waals surface area contributed by atoms with Gasteiger partial charge >= 0.3 is 0 Å². The van der Waals surface area contributed by atoms with Crippen LogP contribution in [0.2, 0.25) is 5.15 Å². The zero-order valence-electron chi connectivity index (χ0n) is 16.8. The third-order valence-corrected chi connectivity index (χ3v) is 4.92. The van der Waals surface area contributed by atoms with Crippen molar-refractivity contribution in [2.24, 2.45) is 0 Å². The SMILES string of the molecule is CCCCOc1cc(-c2ccc(C(C)(C)C)cc2C)nc2ccc(Cl)nc12. The molecular formula is C23H27ClN2O. The first kappa shape index (κ1) is 19.6. The minimum atomic E-state index is 0.120. The van der Waals surface area contributed by atoms with Crippen molar-refractivity contribution in [2.75, 3.05) is 6.61 Å². The van der Waals surface area contributed by atoms with E-state index in [0.717, 1.165) is 35.4 Å². The normalized spacial score (nSPS) is 11.8. The molecule has 0 unspecified atom stereocenters. The summed E-state index contributed by atoms with van der Waals surface area (Å²) in [5.41, 5.74) is 6.16. The van der Waals surface area contributed by atoms with Gasteiger partial charge in [0, 0.05) is 11.6 Å². The molecule has 4 heteroatoms. The van der Waals surface area contributed by atoms with Crippen LogP contribution < -0.4 is 4.74 Å². The van der Waals surface area contributed by atoms with E-state index in [1.54, 1.807) is 6.07 Å². The summed E-state index contributed by atoms with van der Waals surface area (Å²) in [7, 11) is 0. The zero-order valence-corrected chi connectivity index (χ0v) is 17.5. The summed E-state index contributed by atoms with van der Waals surface area (Å²) in [5.74, 6) is 0.741. The minimum absolute atomic E-state index is 0.120. The summed E-state index contributed by atoms with van der Waals surface area (Å²) in [5, 5.41) is 0.447. The maximum Gasteiger partial charge on any atom is 0.149 e. The smallest absolute Gasteiger partial charge is 0.149 e. The summed E-state index contributed by atoms with van der Waals surface area (Å²) in [6, 6.07) is 12.3. The Bertz CT molecular complexity index is 960. The average Bonchev–Trinajstić information content (AvgIpc) is 2.61. The molecule has 0 bridgehead atoms. The second-order valence-corrected chi connectivity index (χ2v) is 8.38. The molecule has 0 radical (unpaired) electrons. The van der Waals surface area contributed by atoms with E-state index in [9.17, 15) is 0 Å². The number of fused-ring (bicyclic) bond motifs is 1. The molecule has 0 amide bonds. The molecule has 0 aliphatic carbocycles. The number of hydrogen-bond donors (Lipinski definition) is 0. The third kappa shape index (κ3) is 4.41. The predicted octanol–water partition coefficient (Wildman–Crippen LogP) is 6.74. The Kier molecular flexibility index (Phi) is 5.71. The highest BCUT2D eigenvalue weighted by Crippen LogP contribution is 2.33. The van der Waals surface area contributed by atoms with E-state index in [4.69, 9.17) is 21.3 Å². The molecule has 2 heterocycles. The molecule has 0 spiro atoms. The fraction of sp³-hybridized carbons (Fsp3) is 0.391. The van der Waals surface area contributed by atoms with E-state index in [1.165, 1.54) is 11.1 Å².